The van der Waals surface area contributed by atoms with E-state index in [0.29, 0.717) is 6.54 Å². The molecule has 1 saturated carbocycles. The molecule has 1 N–H and O–H groups in total. The van der Waals surface area contributed by atoms with Gasteiger partial charge in [0.25, 0.3) is 11.5 Å². The first-order valence-electron chi connectivity index (χ1n) is 8.94. The number of carbonyl (C=O) groups excluding carboxylic acids is 1. The Morgan fingerprint density at radius 1 is 1.32 bits per heavy atom. The first-order valence-corrected chi connectivity index (χ1v) is 8.94. The normalized spacial score (nSPS) is 15.3. The van der Waals surface area contributed by atoms with Crippen LogP contribution in [0.25, 0.3) is 0 Å². The van der Waals surface area contributed by atoms with E-state index < -0.39 is 0 Å². The van der Waals surface area contributed by atoms with Crippen molar-refractivity contribution in [2.45, 2.75) is 58.5 Å². The summed E-state index contributed by atoms with van der Waals surface area (Å²) in [6.07, 6.45) is 9.18. The van der Waals surface area contributed by atoms with Gasteiger partial charge in [0.15, 0.2) is 0 Å². The monoisotopic (exact) mass is 342 g/mol. The largest absolute Gasteiger partial charge is 0.331 e. The molecule has 6 heteroatoms. The zero-order valence-electron chi connectivity index (χ0n) is 15.2. The number of hydrogen-bond donors (Lipinski definition) is 1. The summed E-state index contributed by atoms with van der Waals surface area (Å²) in [5.74, 6) is -0.180. The van der Waals surface area contributed by atoms with Gasteiger partial charge in [0.1, 0.15) is 5.56 Å². The van der Waals surface area contributed by atoms with Crippen molar-refractivity contribution in [2.24, 2.45) is 7.05 Å². The van der Waals surface area contributed by atoms with Gasteiger partial charge in [-0.25, -0.2) is 0 Å². The summed E-state index contributed by atoms with van der Waals surface area (Å²) in [4.78, 5) is 30.2. The lowest BCUT2D eigenvalue weighted by Gasteiger charge is -2.34. The molecule has 1 amide bonds. The lowest BCUT2D eigenvalue weighted by atomic mass is 9.93. The van der Waals surface area contributed by atoms with Gasteiger partial charge in [-0.2, -0.15) is 5.10 Å². The Morgan fingerprint density at radius 3 is 2.68 bits per heavy atom. The zero-order valence-corrected chi connectivity index (χ0v) is 15.2. The van der Waals surface area contributed by atoms with Crippen molar-refractivity contribution in [3.8, 4) is 0 Å². The number of aryl methyl sites for hydroxylation is 3. The summed E-state index contributed by atoms with van der Waals surface area (Å²) in [6.45, 7) is 4.25. The van der Waals surface area contributed by atoms with Crippen molar-refractivity contribution in [2.75, 3.05) is 0 Å². The number of rotatable bonds is 4. The Bertz CT molecular complexity index is 815. The highest BCUT2D eigenvalue weighted by Crippen LogP contribution is 2.25. The molecule has 0 radical (unpaired) electrons. The van der Waals surface area contributed by atoms with Gasteiger partial charge < -0.3 is 9.88 Å². The average Bonchev–Trinajstić information content (AvgIpc) is 3.01. The SMILES string of the molecule is Cc1cc(C(=O)N(Cc2cnn(C)c2)C2CCCCC2)c(=O)[nH]c1C. The van der Waals surface area contributed by atoms with Crippen molar-refractivity contribution < 1.29 is 4.79 Å². The minimum absolute atomic E-state index is 0.180. The molecule has 134 valence electrons. The van der Waals surface area contributed by atoms with E-state index in [1.165, 1.54) is 6.42 Å². The Balaban J connectivity index is 1.93. The van der Waals surface area contributed by atoms with Crippen molar-refractivity contribution in [3.05, 3.63) is 51.2 Å². The number of aromatic nitrogens is 3. The number of nitrogens with one attached hydrogen (secondary N) is 1. The van der Waals surface area contributed by atoms with Crippen molar-refractivity contribution in [1.29, 1.82) is 0 Å². The number of aromatic amines is 1. The molecule has 6 nitrogen and oxygen atoms in total. The van der Waals surface area contributed by atoms with Crippen LogP contribution in [0.15, 0.2) is 23.3 Å². The summed E-state index contributed by atoms with van der Waals surface area (Å²) in [6, 6.07) is 1.90. The predicted molar refractivity (Wildman–Crippen MR) is 96.5 cm³/mol. The van der Waals surface area contributed by atoms with Crippen LogP contribution in [0.5, 0.6) is 0 Å². The van der Waals surface area contributed by atoms with Crippen LogP contribution in [0.3, 0.4) is 0 Å². The highest BCUT2D eigenvalue weighted by Gasteiger charge is 2.28. The fourth-order valence-electron chi connectivity index (χ4n) is 3.55. The first kappa shape index (κ1) is 17.5. The highest BCUT2D eigenvalue weighted by molar-refractivity contribution is 5.94. The fourth-order valence-corrected chi connectivity index (χ4v) is 3.55. The molecule has 1 fully saturated rings. The molecule has 0 spiro atoms. The molecule has 2 aromatic heterocycles. The lowest BCUT2D eigenvalue weighted by Crippen LogP contribution is -2.43. The van der Waals surface area contributed by atoms with Crippen LogP contribution < -0.4 is 5.56 Å². The van der Waals surface area contributed by atoms with Gasteiger partial charge in [0.2, 0.25) is 0 Å². The maximum absolute atomic E-state index is 13.2. The van der Waals surface area contributed by atoms with Crippen LogP contribution in [-0.4, -0.2) is 31.6 Å². The van der Waals surface area contributed by atoms with Crippen LogP contribution in [0.2, 0.25) is 0 Å². The van der Waals surface area contributed by atoms with Gasteiger partial charge >= 0.3 is 0 Å². The Kier molecular flexibility index (Phi) is 5.06. The van der Waals surface area contributed by atoms with Crippen LogP contribution in [0, 0.1) is 13.8 Å². The number of H-pyrrole nitrogens is 1. The number of hydrogen-bond acceptors (Lipinski definition) is 3. The first-order chi connectivity index (χ1) is 12.0. The molecular formula is C19H26N4O2. The summed E-state index contributed by atoms with van der Waals surface area (Å²) >= 11 is 0. The predicted octanol–water partition coefficient (Wildman–Crippen LogP) is 2.70. The molecule has 2 aromatic rings. The van der Waals surface area contributed by atoms with Gasteiger partial charge in [0.05, 0.1) is 6.20 Å². The number of nitrogens with zero attached hydrogens (tertiary/aromatic N) is 3. The quantitative estimate of drug-likeness (QED) is 0.928. The summed E-state index contributed by atoms with van der Waals surface area (Å²) in [5, 5.41) is 4.20. The van der Waals surface area contributed by atoms with E-state index in [1.54, 1.807) is 16.9 Å². The maximum atomic E-state index is 13.2. The van der Waals surface area contributed by atoms with Gasteiger partial charge in [-0.1, -0.05) is 19.3 Å². The van der Waals surface area contributed by atoms with E-state index in [1.807, 2.05) is 32.0 Å². The molecule has 0 saturated heterocycles. The van der Waals surface area contributed by atoms with E-state index in [0.717, 1.165) is 42.5 Å². The van der Waals surface area contributed by atoms with E-state index in [2.05, 4.69) is 10.1 Å². The molecule has 1 aliphatic carbocycles. The van der Waals surface area contributed by atoms with Crippen LogP contribution >= 0.6 is 0 Å². The number of amides is 1. The average molecular weight is 342 g/mol. The Morgan fingerprint density at radius 2 is 2.04 bits per heavy atom. The molecule has 2 heterocycles. The smallest absolute Gasteiger partial charge is 0.261 e. The summed E-state index contributed by atoms with van der Waals surface area (Å²) in [7, 11) is 1.87. The standard InChI is InChI=1S/C19H26N4O2/c1-13-9-17(18(24)21-14(13)2)19(25)23(16-7-5-4-6-8-16)12-15-10-20-22(3)11-15/h9-11,16H,4-8,12H2,1-3H3,(H,21,24). The summed E-state index contributed by atoms with van der Waals surface area (Å²) < 4.78 is 1.74. The van der Waals surface area contributed by atoms with Crippen molar-refractivity contribution in [3.63, 3.8) is 0 Å². The van der Waals surface area contributed by atoms with Gasteiger partial charge in [0, 0.05) is 37.1 Å². The summed E-state index contributed by atoms with van der Waals surface area (Å²) in [5.41, 5.74) is 2.64. The molecule has 0 bridgehead atoms. The van der Waals surface area contributed by atoms with Crippen LogP contribution in [0.1, 0.15) is 59.3 Å². The Hall–Kier alpha value is -2.37. The fraction of sp³-hybridized carbons (Fsp3) is 0.526. The second kappa shape index (κ2) is 7.25. The third kappa shape index (κ3) is 3.83. The highest BCUT2D eigenvalue weighted by atomic mass is 16.2. The second-order valence-corrected chi connectivity index (χ2v) is 7.07. The zero-order chi connectivity index (χ0) is 18.0. The third-order valence-electron chi connectivity index (χ3n) is 5.12. The minimum atomic E-state index is -0.305. The topological polar surface area (TPSA) is 71.0 Å². The molecule has 0 atom stereocenters. The molecule has 25 heavy (non-hydrogen) atoms. The van der Waals surface area contributed by atoms with Crippen LogP contribution in [-0.2, 0) is 13.6 Å². The molecule has 0 aliphatic heterocycles. The lowest BCUT2D eigenvalue weighted by molar-refractivity contribution is 0.0612. The van der Waals surface area contributed by atoms with Crippen molar-refractivity contribution >= 4 is 5.91 Å². The van der Waals surface area contributed by atoms with E-state index >= 15 is 0 Å². The molecule has 0 aromatic carbocycles. The maximum Gasteiger partial charge on any atom is 0.261 e. The molecule has 0 unspecified atom stereocenters. The van der Waals surface area contributed by atoms with Crippen LogP contribution in [0.4, 0.5) is 0 Å². The minimum Gasteiger partial charge on any atom is -0.331 e. The molecule has 1 aliphatic rings. The molecular weight excluding hydrogens is 316 g/mol. The number of carbonyl (C=O) groups is 1. The van der Waals surface area contributed by atoms with E-state index in [4.69, 9.17) is 0 Å². The number of pyridine rings is 1. The second-order valence-electron chi connectivity index (χ2n) is 7.07. The molecule has 3 rings (SSSR count). The third-order valence-corrected chi connectivity index (χ3v) is 5.12. The van der Waals surface area contributed by atoms with Gasteiger partial charge in [-0.3, -0.25) is 14.3 Å². The van der Waals surface area contributed by atoms with E-state index in [9.17, 15) is 9.59 Å². The van der Waals surface area contributed by atoms with Gasteiger partial charge in [-0.15, -0.1) is 0 Å². The van der Waals surface area contributed by atoms with E-state index in [-0.39, 0.29) is 23.1 Å². The van der Waals surface area contributed by atoms with Gasteiger partial charge in [-0.05, 0) is 38.3 Å². The Labute approximate surface area is 147 Å². The van der Waals surface area contributed by atoms with Crippen molar-refractivity contribution in [1.82, 2.24) is 19.7 Å².